The molecule has 5 atom stereocenters. The second-order valence-electron chi connectivity index (χ2n) is 5.72. The molecule has 1 saturated heterocycles. The Hall–Kier alpha value is -0.730. The smallest absolute Gasteiger partial charge is 0.223 e. The van der Waals surface area contributed by atoms with E-state index >= 15 is 0 Å². The number of carbonyl (C=O) groups excluding carboxylic acids is 1. The number of nitrogens with one attached hydrogen (secondary N) is 1. The van der Waals surface area contributed by atoms with Crippen LogP contribution in [0, 0.1) is 0 Å². The van der Waals surface area contributed by atoms with Gasteiger partial charge in [-0.15, -0.1) is 0 Å². The van der Waals surface area contributed by atoms with Crippen molar-refractivity contribution in [1.82, 2.24) is 5.32 Å². The summed E-state index contributed by atoms with van der Waals surface area (Å²) >= 11 is 0. The predicted octanol–water partition coefficient (Wildman–Crippen LogP) is -0.601. The lowest BCUT2D eigenvalue weighted by molar-refractivity contribution is -0.269. The fourth-order valence-electron chi connectivity index (χ4n) is 2.29. The maximum atomic E-state index is 11.9. The molecule has 1 fully saturated rings. The average molecular weight is 291 g/mol. The highest BCUT2D eigenvalue weighted by Gasteiger charge is 2.44. The van der Waals surface area contributed by atoms with Crippen molar-refractivity contribution in [1.29, 1.82) is 0 Å². The first-order valence-corrected chi connectivity index (χ1v) is 6.60. The summed E-state index contributed by atoms with van der Waals surface area (Å²) in [6.45, 7) is 4.82. The van der Waals surface area contributed by atoms with Crippen LogP contribution in [0.5, 0.6) is 0 Å². The summed E-state index contributed by atoms with van der Waals surface area (Å²) in [6.07, 6.45) is -2.84. The van der Waals surface area contributed by atoms with E-state index in [-0.39, 0.29) is 12.3 Å². The lowest BCUT2D eigenvalue weighted by Crippen LogP contribution is -2.63. The molecule has 1 heterocycles. The summed E-state index contributed by atoms with van der Waals surface area (Å²) in [6, 6.07) is -0.624. The van der Waals surface area contributed by atoms with Crippen LogP contribution in [0.4, 0.5) is 0 Å². The quantitative estimate of drug-likeness (QED) is 0.626. The van der Waals surface area contributed by atoms with Crippen LogP contribution < -0.4 is 5.32 Å². The largest absolute Gasteiger partial charge is 0.390 e. The molecule has 1 aliphatic rings. The van der Waals surface area contributed by atoms with Crippen molar-refractivity contribution in [2.24, 2.45) is 0 Å². The Bertz CT molecular complexity index is 329. The van der Waals surface area contributed by atoms with E-state index in [0.717, 1.165) is 0 Å². The molecule has 0 saturated carbocycles. The Balaban J connectivity index is 2.71. The maximum Gasteiger partial charge on any atom is 0.223 e. The monoisotopic (exact) mass is 291 g/mol. The standard InChI is InChI=1S/C13H25NO6/c1-7-9(14-8(15)6-13(2,3)17)10(16)11(18-4)12(19-5)20-7/h7,9-12,16-17H,6H2,1-5H3,(H,14,15)/t7-,9-,10+,11-,12+/m1/s1. The molecule has 1 rings (SSSR count). The summed E-state index contributed by atoms with van der Waals surface area (Å²) in [5.41, 5.74) is -1.11. The maximum absolute atomic E-state index is 11.9. The molecule has 1 amide bonds. The van der Waals surface area contributed by atoms with Gasteiger partial charge in [0.15, 0.2) is 6.29 Å². The van der Waals surface area contributed by atoms with E-state index in [2.05, 4.69) is 5.32 Å². The van der Waals surface area contributed by atoms with Crippen molar-refractivity contribution < 1.29 is 29.2 Å². The zero-order chi connectivity index (χ0) is 15.5. The van der Waals surface area contributed by atoms with Gasteiger partial charge in [0.1, 0.15) is 12.2 Å². The summed E-state index contributed by atoms with van der Waals surface area (Å²) < 4.78 is 15.8. The Morgan fingerprint density at radius 3 is 2.40 bits per heavy atom. The van der Waals surface area contributed by atoms with Crippen LogP contribution in [0.3, 0.4) is 0 Å². The number of amides is 1. The Morgan fingerprint density at radius 2 is 1.95 bits per heavy atom. The van der Waals surface area contributed by atoms with Crippen LogP contribution in [0.2, 0.25) is 0 Å². The fourth-order valence-corrected chi connectivity index (χ4v) is 2.29. The molecule has 118 valence electrons. The molecule has 0 bridgehead atoms. The average Bonchev–Trinajstić information content (AvgIpc) is 2.31. The van der Waals surface area contributed by atoms with E-state index in [9.17, 15) is 15.0 Å². The lowest BCUT2D eigenvalue weighted by atomic mass is 9.96. The van der Waals surface area contributed by atoms with Gasteiger partial charge in [0.2, 0.25) is 5.91 Å². The second kappa shape index (κ2) is 6.82. The van der Waals surface area contributed by atoms with Gasteiger partial charge in [-0.1, -0.05) is 0 Å². The van der Waals surface area contributed by atoms with Gasteiger partial charge in [0, 0.05) is 14.2 Å². The lowest BCUT2D eigenvalue weighted by Gasteiger charge is -2.42. The zero-order valence-corrected chi connectivity index (χ0v) is 12.6. The third-order valence-electron chi connectivity index (χ3n) is 3.25. The molecule has 7 heteroatoms. The first-order valence-electron chi connectivity index (χ1n) is 6.60. The van der Waals surface area contributed by atoms with Gasteiger partial charge in [0.05, 0.1) is 24.2 Å². The van der Waals surface area contributed by atoms with Crippen LogP contribution >= 0.6 is 0 Å². The summed E-state index contributed by atoms with van der Waals surface area (Å²) in [5.74, 6) is -0.359. The number of carbonyl (C=O) groups is 1. The molecule has 0 radical (unpaired) electrons. The summed E-state index contributed by atoms with van der Waals surface area (Å²) in [5, 5.41) is 22.6. The van der Waals surface area contributed by atoms with Crippen LogP contribution in [0.15, 0.2) is 0 Å². The van der Waals surface area contributed by atoms with Gasteiger partial charge in [-0.25, -0.2) is 0 Å². The first kappa shape index (κ1) is 17.3. The number of aliphatic hydroxyl groups excluding tert-OH is 1. The minimum Gasteiger partial charge on any atom is -0.390 e. The predicted molar refractivity (Wildman–Crippen MR) is 71.0 cm³/mol. The number of aliphatic hydroxyl groups is 2. The summed E-state index contributed by atoms with van der Waals surface area (Å²) in [7, 11) is 2.90. The summed E-state index contributed by atoms with van der Waals surface area (Å²) in [4.78, 5) is 11.9. The van der Waals surface area contributed by atoms with E-state index in [1.165, 1.54) is 14.2 Å². The number of hydrogen-bond donors (Lipinski definition) is 3. The number of hydrogen-bond acceptors (Lipinski definition) is 6. The molecule has 3 N–H and O–H groups in total. The SMILES string of the molecule is CO[C@H]1O[C@H](C)[C@@H](NC(=O)CC(C)(C)O)[C@H](O)[C@H]1OC. The third-order valence-corrected chi connectivity index (χ3v) is 3.25. The number of ether oxygens (including phenoxy) is 3. The third kappa shape index (κ3) is 4.39. The van der Waals surface area contributed by atoms with E-state index in [1.807, 2.05) is 0 Å². The molecular formula is C13H25NO6. The van der Waals surface area contributed by atoms with Crippen LogP contribution in [0.1, 0.15) is 27.2 Å². The highest BCUT2D eigenvalue weighted by molar-refractivity contribution is 5.77. The minimum absolute atomic E-state index is 0.0612. The Morgan fingerprint density at radius 1 is 1.35 bits per heavy atom. The highest BCUT2D eigenvalue weighted by atomic mass is 16.7. The van der Waals surface area contributed by atoms with Crippen molar-refractivity contribution >= 4 is 5.91 Å². The van der Waals surface area contributed by atoms with E-state index in [1.54, 1.807) is 20.8 Å². The van der Waals surface area contributed by atoms with Crippen molar-refractivity contribution in [3.63, 3.8) is 0 Å². The minimum atomic E-state index is -1.11. The van der Waals surface area contributed by atoms with Gasteiger partial charge < -0.3 is 29.7 Å². The van der Waals surface area contributed by atoms with Crippen molar-refractivity contribution in [2.45, 2.75) is 63.4 Å². The van der Waals surface area contributed by atoms with E-state index in [4.69, 9.17) is 14.2 Å². The molecule has 20 heavy (non-hydrogen) atoms. The fraction of sp³-hybridized carbons (Fsp3) is 0.923. The number of rotatable bonds is 5. The van der Waals surface area contributed by atoms with Gasteiger partial charge >= 0.3 is 0 Å². The molecule has 7 nitrogen and oxygen atoms in total. The van der Waals surface area contributed by atoms with Gasteiger partial charge in [-0.3, -0.25) is 4.79 Å². The molecule has 1 aliphatic heterocycles. The van der Waals surface area contributed by atoms with Gasteiger partial charge in [-0.05, 0) is 20.8 Å². The van der Waals surface area contributed by atoms with Crippen molar-refractivity contribution in [2.75, 3.05) is 14.2 Å². The molecule has 0 aromatic rings. The molecule has 0 aliphatic carbocycles. The van der Waals surface area contributed by atoms with E-state index in [0.29, 0.717) is 0 Å². The first-order chi connectivity index (χ1) is 9.19. The molecular weight excluding hydrogens is 266 g/mol. The van der Waals surface area contributed by atoms with Crippen LogP contribution in [-0.4, -0.2) is 66.6 Å². The van der Waals surface area contributed by atoms with Crippen molar-refractivity contribution in [3.05, 3.63) is 0 Å². The molecule has 0 aromatic heterocycles. The topological polar surface area (TPSA) is 97.3 Å². The normalized spacial score (nSPS) is 34.9. The second-order valence-corrected chi connectivity index (χ2v) is 5.72. The molecule has 0 aromatic carbocycles. The van der Waals surface area contributed by atoms with Crippen molar-refractivity contribution in [3.8, 4) is 0 Å². The van der Waals surface area contributed by atoms with Gasteiger partial charge in [-0.2, -0.15) is 0 Å². The number of methoxy groups -OCH3 is 2. The zero-order valence-electron chi connectivity index (χ0n) is 12.6. The molecule has 0 unspecified atom stereocenters. The highest BCUT2D eigenvalue weighted by Crippen LogP contribution is 2.23. The van der Waals surface area contributed by atoms with Gasteiger partial charge in [0.25, 0.3) is 0 Å². The Kier molecular flexibility index (Phi) is 5.91. The van der Waals surface area contributed by atoms with Crippen LogP contribution in [-0.2, 0) is 19.0 Å². The van der Waals surface area contributed by atoms with Crippen LogP contribution in [0.25, 0.3) is 0 Å². The Labute approximate surface area is 119 Å². The van der Waals surface area contributed by atoms with E-state index < -0.39 is 36.2 Å². The molecule has 0 spiro atoms.